The SMILES string of the molecule is COC(=O)c1sc(-c2ccc(OC)c(F)c2)nc1C. The van der Waals surface area contributed by atoms with E-state index in [1.165, 1.54) is 37.7 Å². The van der Waals surface area contributed by atoms with Crippen LogP contribution in [-0.2, 0) is 4.74 Å². The summed E-state index contributed by atoms with van der Waals surface area (Å²) in [5, 5.41) is 0.569. The normalized spacial score (nSPS) is 10.3. The first-order valence-electron chi connectivity index (χ1n) is 5.46. The van der Waals surface area contributed by atoms with Gasteiger partial charge in [-0.15, -0.1) is 11.3 Å². The molecule has 2 aromatic rings. The summed E-state index contributed by atoms with van der Waals surface area (Å²) in [6, 6.07) is 4.55. The molecular weight excluding hydrogens is 269 g/mol. The summed E-state index contributed by atoms with van der Waals surface area (Å²) in [5.41, 5.74) is 1.17. The molecule has 0 aliphatic rings. The van der Waals surface area contributed by atoms with Gasteiger partial charge in [0.1, 0.15) is 9.88 Å². The van der Waals surface area contributed by atoms with E-state index in [1.807, 2.05) is 0 Å². The van der Waals surface area contributed by atoms with Crippen LogP contribution in [0, 0.1) is 12.7 Å². The molecule has 1 heterocycles. The summed E-state index contributed by atoms with van der Waals surface area (Å²) >= 11 is 1.17. The number of ether oxygens (including phenoxy) is 2. The number of methoxy groups -OCH3 is 2. The van der Waals surface area contributed by atoms with Crippen molar-refractivity contribution >= 4 is 17.3 Å². The lowest BCUT2D eigenvalue weighted by molar-refractivity contribution is 0.0605. The molecule has 0 fully saturated rings. The first-order valence-corrected chi connectivity index (χ1v) is 6.28. The zero-order chi connectivity index (χ0) is 14.0. The highest BCUT2D eigenvalue weighted by molar-refractivity contribution is 7.17. The number of thiazole rings is 1. The van der Waals surface area contributed by atoms with Crippen molar-refractivity contribution in [3.8, 4) is 16.3 Å². The molecule has 4 nitrogen and oxygen atoms in total. The molecule has 100 valence electrons. The van der Waals surface area contributed by atoms with Gasteiger partial charge in [-0.1, -0.05) is 0 Å². The van der Waals surface area contributed by atoms with E-state index in [9.17, 15) is 9.18 Å². The number of nitrogens with zero attached hydrogens (tertiary/aromatic N) is 1. The minimum atomic E-state index is -0.465. The Morgan fingerprint density at radius 3 is 2.68 bits per heavy atom. The Balaban J connectivity index is 2.42. The van der Waals surface area contributed by atoms with Crippen molar-refractivity contribution in [2.24, 2.45) is 0 Å². The predicted molar refractivity (Wildman–Crippen MR) is 70.1 cm³/mol. The highest BCUT2D eigenvalue weighted by Crippen LogP contribution is 2.30. The number of esters is 1. The van der Waals surface area contributed by atoms with Crippen LogP contribution in [0.25, 0.3) is 10.6 Å². The van der Waals surface area contributed by atoms with E-state index < -0.39 is 11.8 Å². The van der Waals surface area contributed by atoms with Crippen molar-refractivity contribution in [3.05, 3.63) is 34.6 Å². The third-order valence-electron chi connectivity index (χ3n) is 2.57. The van der Waals surface area contributed by atoms with E-state index in [0.717, 1.165) is 0 Å². The van der Waals surface area contributed by atoms with Gasteiger partial charge in [-0.25, -0.2) is 14.2 Å². The van der Waals surface area contributed by atoms with Crippen molar-refractivity contribution < 1.29 is 18.7 Å². The number of hydrogen-bond acceptors (Lipinski definition) is 5. The molecular formula is C13H12FNO3S. The Labute approximate surface area is 113 Å². The quantitative estimate of drug-likeness (QED) is 0.811. The van der Waals surface area contributed by atoms with Crippen LogP contribution in [0.15, 0.2) is 18.2 Å². The highest BCUT2D eigenvalue weighted by Gasteiger charge is 2.17. The minimum Gasteiger partial charge on any atom is -0.494 e. The van der Waals surface area contributed by atoms with Crippen LogP contribution in [0.3, 0.4) is 0 Å². The highest BCUT2D eigenvalue weighted by atomic mass is 32.1. The average molecular weight is 281 g/mol. The van der Waals surface area contributed by atoms with Crippen LogP contribution in [-0.4, -0.2) is 25.2 Å². The van der Waals surface area contributed by atoms with Gasteiger partial charge in [0.25, 0.3) is 0 Å². The lowest BCUT2D eigenvalue weighted by Gasteiger charge is -2.02. The first kappa shape index (κ1) is 13.5. The number of rotatable bonds is 3. The minimum absolute atomic E-state index is 0.171. The lowest BCUT2D eigenvalue weighted by atomic mass is 10.2. The van der Waals surface area contributed by atoms with Crippen LogP contribution >= 0.6 is 11.3 Å². The Kier molecular flexibility index (Phi) is 3.80. The van der Waals surface area contributed by atoms with Gasteiger partial charge in [0.2, 0.25) is 0 Å². The average Bonchev–Trinajstić information content (AvgIpc) is 2.80. The smallest absolute Gasteiger partial charge is 0.349 e. The van der Waals surface area contributed by atoms with E-state index >= 15 is 0 Å². The molecule has 0 bridgehead atoms. The molecule has 0 amide bonds. The zero-order valence-electron chi connectivity index (χ0n) is 10.7. The van der Waals surface area contributed by atoms with Crippen LogP contribution in [0.5, 0.6) is 5.75 Å². The number of aromatic nitrogens is 1. The van der Waals surface area contributed by atoms with Gasteiger partial charge in [-0.2, -0.15) is 0 Å². The maximum Gasteiger partial charge on any atom is 0.349 e. The monoisotopic (exact) mass is 281 g/mol. The molecule has 1 aromatic heterocycles. The Morgan fingerprint density at radius 1 is 1.37 bits per heavy atom. The van der Waals surface area contributed by atoms with Gasteiger partial charge < -0.3 is 9.47 Å². The van der Waals surface area contributed by atoms with Crippen LogP contribution in [0.1, 0.15) is 15.4 Å². The second-order valence-corrected chi connectivity index (χ2v) is 4.77. The summed E-state index contributed by atoms with van der Waals surface area (Å²) in [7, 11) is 2.72. The van der Waals surface area contributed by atoms with E-state index in [1.54, 1.807) is 13.0 Å². The van der Waals surface area contributed by atoms with Crippen molar-refractivity contribution in [2.45, 2.75) is 6.92 Å². The first-order chi connectivity index (χ1) is 9.06. The topological polar surface area (TPSA) is 48.4 Å². The summed E-state index contributed by atoms with van der Waals surface area (Å²) in [5.74, 6) is -0.729. The summed E-state index contributed by atoms with van der Waals surface area (Å²) in [6.45, 7) is 1.71. The number of aryl methyl sites for hydroxylation is 1. The fourth-order valence-electron chi connectivity index (χ4n) is 1.60. The lowest BCUT2D eigenvalue weighted by Crippen LogP contribution is -1.99. The van der Waals surface area contributed by atoms with Gasteiger partial charge in [-0.3, -0.25) is 0 Å². The molecule has 0 N–H and O–H groups in total. The van der Waals surface area contributed by atoms with Gasteiger partial charge in [0.15, 0.2) is 11.6 Å². The third kappa shape index (κ3) is 2.58. The number of hydrogen-bond donors (Lipinski definition) is 0. The van der Waals surface area contributed by atoms with E-state index in [-0.39, 0.29) is 5.75 Å². The van der Waals surface area contributed by atoms with Gasteiger partial charge in [0.05, 0.1) is 19.9 Å². The fraction of sp³-hybridized carbons (Fsp3) is 0.231. The molecule has 0 aliphatic carbocycles. The molecule has 6 heteroatoms. The molecule has 2 rings (SSSR count). The fourth-order valence-corrected chi connectivity index (χ4v) is 2.58. The maximum absolute atomic E-state index is 13.6. The number of carbonyl (C=O) groups is 1. The summed E-state index contributed by atoms with van der Waals surface area (Å²) in [6.07, 6.45) is 0. The third-order valence-corrected chi connectivity index (χ3v) is 3.75. The second kappa shape index (κ2) is 5.36. The molecule has 0 saturated carbocycles. The molecule has 0 radical (unpaired) electrons. The summed E-state index contributed by atoms with van der Waals surface area (Å²) in [4.78, 5) is 16.2. The van der Waals surface area contributed by atoms with E-state index in [0.29, 0.717) is 21.1 Å². The predicted octanol–water partition coefficient (Wildman–Crippen LogP) is 3.05. The zero-order valence-corrected chi connectivity index (χ0v) is 11.5. The Hall–Kier alpha value is -1.95. The second-order valence-electron chi connectivity index (χ2n) is 3.77. The Bertz CT molecular complexity index is 624. The molecule has 0 saturated heterocycles. The molecule has 0 atom stereocenters. The molecule has 0 unspecified atom stereocenters. The van der Waals surface area contributed by atoms with E-state index in [2.05, 4.69) is 9.72 Å². The maximum atomic E-state index is 13.6. The number of carbonyl (C=O) groups excluding carboxylic acids is 1. The van der Waals surface area contributed by atoms with E-state index in [4.69, 9.17) is 4.74 Å². The van der Waals surface area contributed by atoms with Crippen molar-refractivity contribution in [2.75, 3.05) is 14.2 Å². The molecule has 1 aromatic carbocycles. The molecule has 19 heavy (non-hydrogen) atoms. The van der Waals surface area contributed by atoms with Gasteiger partial charge in [-0.05, 0) is 25.1 Å². The largest absolute Gasteiger partial charge is 0.494 e. The summed E-state index contributed by atoms with van der Waals surface area (Å²) < 4.78 is 23.1. The molecule has 0 aliphatic heterocycles. The van der Waals surface area contributed by atoms with Crippen LogP contribution < -0.4 is 4.74 Å². The number of halogens is 1. The number of benzene rings is 1. The van der Waals surface area contributed by atoms with Crippen molar-refractivity contribution in [1.82, 2.24) is 4.98 Å². The van der Waals surface area contributed by atoms with Crippen molar-refractivity contribution in [1.29, 1.82) is 0 Å². The van der Waals surface area contributed by atoms with Gasteiger partial charge >= 0.3 is 5.97 Å². The van der Waals surface area contributed by atoms with Crippen molar-refractivity contribution in [3.63, 3.8) is 0 Å². The van der Waals surface area contributed by atoms with Gasteiger partial charge in [0, 0.05) is 5.56 Å². The van der Waals surface area contributed by atoms with Crippen LogP contribution in [0.4, 0.5) is 4.39 Å². The standard InChI is InChI=1S/C13H12FNO3S/c1-7-11(13(16)18-3)19-12(15-7)8-4-5-10(17-2)9(14)6-8/h4-6H,1-3H3. The Morgan fingerprint density at radius 2 is 2.11 bits per heavy atom. The van der Waals surface area contributed by atoms with Crippen LogP contribution in [0.2, 0.25) is 0 Å². The molecule has 0 spiro atoms.